The zero-order valence-electron chi connectivity index (χ0n) is 10.8. The number of esters is 1. The molecule has 0 unspecified atom stereocenters. The summed E-state index contributed by atoms with van der Waals surface area (Å²) in [5.74, 6) is -3.81. The Morgan fingerprint density at radius 3 is 2.27 bits per heavy atom. The molecule has 4 nitrogen and oxygen atoms in total. The molecule has 22 heavy (non-hydrogen) atoms. The largest absolute Gasteiger partial charge is 0.573 e. The molecule has 0 saturated carbocycles. The van der Waals surface area contributed by atoms with Crippen LogP contribution in [0.3, 0.4) is 0 Å². The minimum atomic E-state index is -5.45. The lowest BCUT2D eigenvalue weighted by molar-refractivity contribution is -0.276. The Balaban J connectivity index is 3.59. The molecule has 0 aliphatic carbocycles. The molecule has 1 aromatic rings. The van der Waals surface area contributed by atoms with Crippen LogP contribution in [0.4, 0.5) is 26.3 Å². The van der Waals surface area contributed by atoms with Gasteiger partial charge >= 0.3 is 18.5 Å². The van der Waals surface area contributed by atoms with Crippen molar-refractivity contribution in [1.82, 2.24) is 4.98 Å². The molecule has 0 aliphatic rings. The maximum absolute atomic E-state index is 12.9. The van der Waals surface area contributed by atoms with Crippen LogP contribution in [0.2, 0.25) is 0 Å². The van der Waals surface area contributed by atoms with Gasteiger partial charge in [-0.05, 0) is 13.0 Å². The highest BCUT2D eigenvalue weighted by Crippen LogP contribution is 2.40. The number of ether oxygens (including phenoxy) is 2. The monoisotopic (exact) mass is 351 g/mol. The Morgan fingerprint density at radius 1 is 1.27 bits per heavy atom. The Kier molecular flexibility index (Phi) is 5.49. The Labute approximate surface area is 125 Å². The highest BCUT2D eigenvalue weighted by atomic mass is 35.5. The number of carbonyl (C=O) groups is 1. The summed E-state index contributed by atoms with van der Waals surface area (Å²) >= 11 is 5.34. The Hall–Kier alpha value is -1.71. The van der Waals surface area contributed by atoms with Crippen molar-refractivity contribution in [1.29, 1.82) is 0 Å². The summed E-state index contributed by atoms with van der Waals surface area (Å²) in [7, 11) is 0. The first kappa shape index (κ1) is 18.3. The lowest BCUT2D eigenvalue weighted by Crippen LogP contribution is -2.24. The van der Waals surface area contributed by atoms with Crippen molar-refractivity contribution >= 4 is 17.6 Å². The fraction of sp³-hybridized carbons (Fsp3) is 0.455. The van der Waals surface area contributed by atoms with Gasteiger partial charge in [-0.2, -0.15) is 13.2 Å². The zero-order valence-corrected chi connectivity index (χ0v) is 11.6. The topological polar surface area (TPSA) is 48.4 Å². The van der Waals surface area contributed by atoms with Crippen LogP contribution in [0.15, 0.2) is 6.07 Å². The van der Waals surface area contributed by atoms with E-state index in [1.54, 1.807) is 0 Å². The third-order valence-corrected chi connectivity index (χ3v) is 2.43. The van der Waals surface area contributed by atoms with Crippen molar-refractivity contribution in [2.75, 3.05) is 6.61 Å². The maximum Gasteiger partial charge on any atom is 0.573 e. The summed E-state index contributed by atoms with van der Waals surface area (Å²) < 4.78 is 83.4. The van der Waals surface area contributed by atoms with Gasteiger partial charge in [0.15, 0.2) is 11.4 Å². The molecule has 0 spiro atoms. The molecule has 0 N–H and O–H groups in total. The average Bonchev–Trinajstić information content (AvgIpc) is 2.35. The molecule has 1 heterocycles. The third kappa shape index (κ3) is 4.65. The van der Waals surface area contributed by atoms with Gasteiger partial charge in [0.25, 0.3) is 0 Å². The van der Waals surface area contributed by atoms with Gasteiger partial charge in [-0.25, -0.2) is 9.78 Å². The van der Waals surface area contributed by atoms with Crippen LogP contribution in [-0.2, 0) is 16.8 Å². The molecule has 0 aromatic carbocycles. The van der Waals surface area contributed by atoms with Crippen LogP contribution in [0.1, 0.15) is 28.7 Å². The van der Waals surface area contributed by atoms with Crippen LogP contribution in [0.5, 0.6) is 5.75 Å². The highest BCUT2D eigenvalue weighted by molar-refractivity contribution is 6.16. The van der Waals surface area contributed by atoms with Gasteiger partial charge in [0.1, 0.15) is 5.56 Å². The SMILES string of the molecule is CCOC(=O)c1nc(CCl)cc(C(F)(F)F)c1OC(F)(F)F. The van der Waals surface area contributed by atoms with Gasteiger partial charge in [0, 0.05) is 0 Å². The van der Waals surface area contributed by atoms with Crippen molar-refractivity contribution < 1.29 is 40.6 Å². The first-order chi connectivity index (χ1) is 9.99. The Bertz CT molecular complexity index is 558. The third-order valence-electron chi connectivity index (χ3n) is 2.15. The standard InChI is InChI=1S/C11H8ClF6NO3/c1-2-21-9(20)7-8(22-11(16,17)18)6(10(13,14)15)3-5(4-12)19-7/h3H,2,4H2,1H3. The van der Waals surface area contributed by atoms with E-state index in [-0.39, 0.29) is 12.7 Å². The summed E-state index contributed by atoms with van der Waals surface area (Å²) in [6.07, 6.45) is -10.7. The number of rotatable bonds is 4. The normalized spacial score (nSPS) is 12.2. The molecular formula is C11H8ClF6NO3. The lowest BCUT2D eigenvalue weighted by Gasteiger charge is -2.18. The van der Waals surface area contributed by atoms with Crippen LogP contribution in [0.25, 0.3) is 0 Å². The number of hydrogen-bond donors (Lipinski definition) is 0. The van der Waals surface area contributed by atoms with E-state index in [1.165, 1.54) is 6.92 Å². The quantitative estimate of drug-likeness (QED) is 0.469. The number of halogens is 7. The molecule has 0 amide bonds. The number of aromatic nitrogens is 1. The minimum absolute atomic E-state index is 0.275. The maximum atomic E-state index is 12.9. The smallest absolute Gasteiger partial charge is 0.461 e. The fourth-order valence-corrected chi connectivity index (χ4v) is 1.56. The molecule has 0 bridgehead atoms. The second kappa shape index (κ2) is 6.59. The predicted octanol–water partition coefficient (Wildman–Crippen LogP) is 3.91. The molecule has 0 atom stereocenters. The van der Waals surface area contributed by atoms with Crippen molar-refractivity contribution in [2.24, 2.45) is 0 Å². The summed E-state index contributed by atoms with van der Waals surface area (Å²) in [5.41, 5.74) is -3.52. The first-order valence-corrected chi connectivity index (χ1v) is 6.13. The van der Waals surface area contributed by atoms with E-state index in [9.17, 15) is 31.1 Å². The van der Waals surface area contributed by atoms with E-state index >= 15 is 0 Å². The summed E-state index contributed by atoms with van der Waals surface area (Å²) in [6, 6.07) is 0.275. The highest BCUT2D eigenvalue weighted by Gasteiger charge is 2.43. The second-order valence-corrected chi connectivity index (χ2v) is 4.01. The molecule has 0 fully saturated rings. The molecular weight excluding hydrogens is 344 g/mol. The second-order valence-electron chi connectivity index (χ2n) is 3.74. The molecule has 0 radical (unpaired) electrons. The van der Waals surface area contributed by atoms with E-state index in [0.717, 1.165) is 0 Å². The number of alkyl halides is 7. The van der Waals surface area contributed by atoms with Crippen LogP contribution >= 0.6 is 11.6 Å². The van der Waals surface area contributed by atoms with Crippen molar-refractivity contribution in [3.63, 3.8) is 0 Å². The van der Waals surface area contributed by atoms with Crippen LogP contribution in [0, 0.1) is 0 Å². The number of carbonyl (C=O) groups excluding carboxylic acids is 1. The summed E-state index contributed by atoms with van der Waals surface area (Å²) in [6.45, 7) is 1.04. The number of pyridine rings is 1. The van der Waals surface area contributed by atoms with E-state index in [0.29, 0.717) is 0 Å². The summed E-state index contributed by atoms with van der Waals surface area (Å²) in [5, 5.41) is 0. The lowest BCUT2D eigenvalue weighted by atomic mass is 10.1. The van der Waals surface area contributed by atoms with E-state index in [2.05, 4.69) is 14.5 Å². The van der Waals surface area contributed by atoms with Gasteiger partial charge in [-0.15, -0.1) is 24.8 Å². The van der Waals surface area contributed by atoms with Crippen LogP contribution in [-0.4, -0.2) is 23.9 Å². The molecule has 0 saturated heterocycles. The van der Waals surface area contributed by atoms with E-state index in [1.807, 2.05) is 0 Å². The van der Waals surface area contributed by atoms with E-state index in [4.69, 9.17) is 11.6 Å². The predicted molar refractivity (Wildman–Crippen MR) is 61.4 cm³/mol. The number of hydrogen-bond acceptors (Lipinski definition) is 4. The van der Waals surface area contributed by atoms with Crippen molar-refractivity contribution in [3.8, 4) is 5.75 Å². The number of nitrogens with zero attached hydrogens (tertiary/aromatic N) is 1. The molecule has 1 aromatic heterocycles. The van der Waals surface area contributed by atoms with Gasteiger partial charge in [0.05, 0.1) is 18.2 Å². The minimum Gasteiger partial charge on any atom is -0.461 e. The van der Waals surface area contributed by atoms with E-state index < -0.39 is 47.1 Å². The fourth-order valence-electron chi connectivity index (χ4n) is 1.42. The molecule has 11 heteroatoms. The van der Waals surface area contributed by atoms with Gasteiger partial charge in [0.2, 0.25) is 0 Å². The Morgan fingerprint density at radius 2 is 1.86 bits per heavy atom. The van der Waals surface area contributed by atoms with Crippen molar-refractivity contribution in [2.45, 2.75) is 25.3 Å². The summed E-state index contributed by atoms with van der Waals surface area (Å²) in [4.78, 5) is 14.9. The molecule has 124 valence electrons. The van der Waals surface area contributed by atoms with Crippen molar-refractivity contribution in [3.05, 3.63) is 23.0 Å². The van der Waals surface area contributed by atoms with Gasteiger partial charge in [-0.1, -0.05) is 0 Å². The van der Waals surface area contributed by atoms with Gasteiger partial charge < -0.3 is 9.47 Å². The molecule has 1 rings (SSSR count). The average molecular weight is 352 g/mol. The van der Waals surface area contributed by atoms with Gasteiger partial charge in [-0.3, -0.25) is 0 Å². The van der Waals surface area contributed by atoms with Crippen LogP contribution < -0.4 is 4.74 Å². The zero-order chi connectivity index (χ0) is 17.1. The molecule has 0 aliphatic heterocycles. The first-order valence-electron chi connectivity index (χ1n) is 5.59.